The lowest BCUT2D eigenvalue weighted by Crippen LogP contribution is -2.38. The van der Waals surface area contributed by atoms with Crippen molar-refractivity contribution < 1.29 is 9.59 Å². The molecule has 4 rings (SSSR count). The van der Waals surface area contributed by atoms with Crippen LogP contribution in [0.3, 0.4) is 0 Å². The van der Waals surface area contributed by atoms with Crippen molar-refractivity contribution in [3.05, 3.63) is 56.0 Å². The summed E-state index contributed by atoms with van der Waals surface area (Å²) in [5.41, 5.74) is -0.308. The molecule has 0 saturated heterocycles. The van der Waals surface area contributed by atoms with Gasteiger partial charge in [-0.2, -0.15) is 4.98 Å². The third-order valence-electron chi connectivity index (χ3n) is 5.74. The minimum absolute atomic E-state index is 0.0435. The summed E-state index contributed by atoms with van der Waals surface area (Å²) in [6, 6.07) is 6.87. The number of fused-ring (bicyclic) bond motifs is 1. The van der Waals surface area contributed by atoms with Crippen LogP contribution in [0.4, 0.5) is 5.69 Å². The maximum atomic E-state index is 12.8. The van der Waals surface area contributed by atoms with E-state index in [0.717, 1.165) is 30.3 Å². The van der Waals surface area contributed by atoms with Gasteiger partial charge in [-0.15, -0.1) is 0 Å². The molecular weight excluding hydrogens is 436 g/mol. The average Bonchev–Trinajstić information content (AvgIpc) is 3.39. The van der Waals surface area contributed by atoms with E-state index in [2.05, 4.69) is 15.6 Å². The third-order valence-corrected chi connectivity index (χ3v) is 6.03. The van der Waals surface area contributed by atoms with E-state index in [9.17, 15) is 19.2 Å². The number of benzene rings is 1. The molecule has 10 nitrogen and oxygen atoms in total. The van der Waals surface area contributed by atoms with Crippen LogP contribution < -0.4 is 21.9 Å². The van der Waals surface area contributed by atoms with E-state index in [1.54, 1.807) is 24.3 Å². The lowest BCUT2D eigenvalue weighted by molar-refractivity contribution is -0.116. The first kappa shape index (κ1) is 21.8. The van der Waals surface area contributed by atoms with Crippen molar-refractivity contribution in [2.75, 3.05) is 5.32 Å². The van der Waals surface area contributed by atoms with Gasteiger partial charge in [0.2, 0.25) is 11.2 Å². The highest BCUT2D eigenvalue weighted by Gasteiger charge is 2.22. The zero-order valence-electron chi connectivity index (χ0n) is 17.7. The largest absolute Gasteiger partial charge is 0.349 e. The highest BCUT2D eigenvalue weighted by molar-refractivity contribution is 6.29. The number of hydrogen-bond acceptors (Lipinski definition) is 5. The van der Waals surface area contributed by atoms with E-state index in [1.807, 2.05) is 0 Å². The molecular formula is C21H23ClN6O4. The second-order valence-electron chi connectivity index (χ2n) is 7.89. The number of aromatic nitrogens is 4. The SMILES string of the molecule is Cn1c(=O)c2c(nc(Cl)n2CC(=O)Nc2ccccc2C(=O)NC2CCCC2)n(C)c1=O. The van der Waals surface area contributed by atoms with Crippen molar-refractivity contribution in [3.63, 3.8) is 0 Å². The van der Waals surface area contributed by atoms with Crippen LogP contribution in [0.1, 0.15) is 36.0 Å². The first-order valence-electron chi connectivity index (χ1n) is 10.3. The zero-order valence-corrected chi connectivity index (χ0v) is 18.5. The molecule has 1 aliphatic rings. The fourth-order valence-electron chi connectivity index (χ4n) is 4.02. The molecule has 168 valence electrons. The number of hydrogen-bond donors (Lipinski definition) is 2. The molecule has 1 fully saturated rings. The van der Waals surface area contributed by atoms with Crippen LogP contribution in [0.25, 0.3) is 11.2 Å². The van der Waals surface area contributed by atoms with Crippen molar-refractivity contribution >= 4 is 40.3 Å². The lowest BCUT2D eigenvalue weighted by atomic mass is 10.1. The Hall–Kier alpha value is -3.40. The van der Waals surface area contributed by atoms with Crippen LogP contribution in [0, 0.1) is 0 Å². The van der Waals surface area contributed by atoms with Crippen molar-refractivity contribution in [3.8, 4) is 0 Å². The molecule has 2 heterocycles. The molecule has 1 saturated carbocycles. The number of anilines is 1. The van der Waals surface area contributed by atoms with Crippen LogP contribution in [-0.2, 0) is 25.4 Å². The second kappa shape index (κ2) is 8.62. The molecule has 1 aliphatic carbocycles. The number of amides is 2. The molecule has 3 aromatic rings. The van der Waals surface area contributed by atoms with Gasteiger partial charge in [-0.05, 0) is 36.6 Å². The van der Waals surface area contributed by atoms with Crippen molar-refractivity contribution in [2.45, 2.75) is 38.3 Å². The van der Waals surface area contributed by atoms with E-state index >= 15 is 0 Å². The summed E-state index contributed by atoms with van der Waals surface area (Å²) >= 11 is 6.18. The maximum absolute atomic E-state index is 12.8. The Kier molecular flexibility index (Phi) is 5.88. The number of para-hydroxylation sites is 1. The second-order valence-corrected chi connectivity index (χ2v) is 8.23. The molecule has 0 atom stereocenters. The molecule has 0 unspecified atom stereocenters. The summed E-state index contributed by atoms with van der Waals surface area (Å²) in [7, 11) is 2.81. The van der Waals surface area contributed by atoms with Crippen LogP contribution >= 0.6 is 11.6 Å². The van der Waals surface area contributed by atoms with Gasteiger partial charge >= 0.3 is 5.69 Å². The quantitative estimate of drug-likeness (QED) is 0.560. The van der Waals surface area contributed by atoms with Gasteiger partial charge in [-0.3, -0.25) is 28.1 Å². The van der Waals surface area contributed by atoms with E-state index in [1.165, 1.54) is 23.2 Å². The molecule has 0 radical (unpaired) electrons. The highest BCUT2D eigenvalue weighted by atomic mass is 35.5. The van der Waals surface area contributed by atoms with Crippen LogP contribution in [0.15, 0.2) is 33.9 Å². The first-order chi connectivity index (χ1) is 15.3. The summed E-state index contributed by atoms with van der Waals surface area (Å²) in [5.74, 6) is -0.744. The molecule has 2 amide bonds. The van der Waals surface area contributed by atoms with Gasteiger partial charge in [0.25, 0.3) is 11.5 Å². The van der Waals surface area contributed by atoms with Gasteiger partial charge in [0.05, 0.1) is 11.3 Å². The van der Waals surface area contributed by atoms with Gasteiger partial charge < -0.3 is 10.6 Å². The molecule has 32 heavy (non-hydrogen) atoms. The number of rotatable bonds is 5. The molecule has 0 aliphatic heterocycles. The Labute approximate surface area is 187 Å². The maximum Gasteiger partial charge on any atom is 0.332 e. The number of imidazole rings is 1. The number of nitrogens with zero attached hydrogens (tertiary/aromatic N) is 4. The van der Waals surface area contributed by atoms with Crippen LogP contribution in [0.5, 0.6) is 0 Å². The van der Waals surface area contributed by atoms with Gasteiger partial charge in [-0.1, -0.05) is 25.0 Å². The summed E-state index contributed by atoms with van der Waals surface area (Å²) in [6.45, 7) is -0.318. The van der Waals surface area contributed by atoms with Gasteiger partial charge in [0, 0.05) is 20.1 Å². The number of halogens is 1. The number of nitrogens with one attached hydrogen (secondary N) is 2. The molecule has 2 N–H and O–H groups in total. The third kappa shape index (κ3) is 3.93. The zero-order chi connectivity index (χ0) is 23.0. The average molecular weight is 459 g/mol. The molecule has 2 aromatic heterocycles. The van der Waals surface area contributed by atoms with Crippen molar-refractivity contribution in [2.24, 2.45) is 14.1 Å². The Bertz CT molecular complexity index is 1330. The highest BCUT2D eigenvalue weighted by Crippen LogP contribution is 2.21. The van der Waals surface area contributed by atoms with Crippen LogP contribution in [0.2, 0.25) is 5.28 Å². The van der Waals surface area contributed by atoms with Crippen LogP contribution in [-0.4, -0.2) is 36.5 Å². The van der Waals surface area contributed by atoms with Crippen molar-refractivity contribution in [1.29, 1.82) is 0 Å². The van der Waals surface area contributed by atoms with E-state index in [0.29, 0.717) is 11.3 Å². The topological polar surface area (TPSA) is 120 Å². The summed E-state index contributed by atoms with van der Waals surface area (Å²) in [6.07, 6.45) is 4.08. The summed E-state index contributed by atoms with van der Waals surface area (Å²) < 4.78 is 3.37. The Morgan fingerprint density at radius 2 is 1.81 bits per heavy atom. The lowest BCUT2D eigenvalue weighted by Gasteiger charge is -2.15. The standard InChI is InChI=1S/C21H23ClN6O4/c1-26-17-16(19(31)27(2)21(26)32)28(20(22)25-17)11-15(29)24-14-10-6-5-9-13(14)18(30)23-12-7-3-4-8-12/h5-6,9-10,12H,3-4,7-8,11H2,1-2H3,(H,23,30)(H,24,29). The summed E-state index contributed by atoms with van der Waals surface area (Å²) in [4.78, 5) is 54.4. The predicted molar refractivity (Wildman–Crippen MR) is 120 cm³/mol. The monoisotopic (exact) mass is 458 g/mol. The van der Waals surface area contributed by atoms with E-state index in [4.69, 9.17) is 11.6 Å². The molecule has 0 spiro atoms. The smallest absolute Gasteiger partial charge is 0.332 e. The molecule has 1 aromatic carbocycles. The Balaban J connectivity index is 1.60. The Morgan fingerprint density at radius 3 is 2.53 bits per heavy atom. The van der Waals surface area contributed by atoms with E-state index in [-0.39, 0.29) is 34.9 Å². The van der Waals surface area contributed by atoms with Gasteiger partial charge in [0.1, 0.15) is 6.54 Å². The normalized spacial score (nSPS) is 14.1. The fourth-order valence-corrected chi connectivity index (χ4v) is 4.25. The minimum atomic E-state index is -0.605. The molecule has 11 heteroatoms. The summed E-state index contributed by atoms with van der Waals surface area (Å²) in [5, 5.41) is 5.64. The van der Waals surface area contributed by atoms with Gasteiger partial charge in [0.15, 0.2) is 11.2 Å². The molecule has 0 bridgehead atoms. The van der Waals surface area contributed by atoms with Crippen molar-refractivity contribution in [1.82, 2.24) is 24.0 Å². The predicted octanol–water partition coefficient (Wildman–Crippen LogP) is 1.40. The fraction of sp³-hybridized carbons (Fsp3) is 0.381. The van der Waals surface area contributed by atoms with Gasteiger partial charge in [-0.25, -0.2) is 4.79 Å². The number of aryl methyl sites for hydroxylation is 1. The first-order valence-corrected chi connectivity index (χ1v) is 10.7. The minimum Gasteiger partial charge on any atom is -0.349 e. The Morgan fingerprint density at radius 1 is 1.12 bits per heavy atom. The number of carbonyl (C=O) groups is 2. The number of carbonyl (C=O) groups excluding carboxylic acids is 2. The van der Waals surface area contributed by atoms with E-state index < -0.39 is 17.2 Å².